The van der Waals surface area contributed by atoms with Gasteiger partial charge in [-0.2, -0.15) is 4.31 Å². The van der Waals surface area contributed by atoms with E-state index >= 15 is 0 Å². The van der Waals surface area contributed by atoms with Crippen LogP contribution in [0, 0.1) is 0 Å². The van der Waals surface area contributed by atoms with Gasteiger partial charge in [0.15, 0.2) is 0 Å². The molecule has 0 spiro atoms. The molecule has 2 aromatic heterocycles. The highest BCUT2D eigenvalue weighted by molar-refractivity contribution is 7.89. The summed E-state index contributed by atoms with van der Waals surface area (Å²) in [7, 11) is -1.52. The summed E-state index contributed by atoms with van der Waals surface area (Å²) in [5, 5.41) is 1.97. The predicted octanol–water partition coefficient (Wildman–Crippen LogP) is 1.96. The smallest absolute Gasteiger partial charge is 0.243 e. The number of nitrogens with zero attached hydrogens (tertiary/aromatic N) is 4. The number of thiazole rings is 1. The summed E-state index contributed by atoms with van der Waals surface area (Å²) in [5.74, 6) is 0.633. The molecule has 0 unspecified atom stereocenters. The highest BCUT2D eigenvalue weighted by Gasteiger charge is 2.27. The summed E-state index contributed by atoms with van der Waals surface area (Å²) in [6.07, 6.45) is 3.41. The van der Waals surface area contributed by atoms with E-state index in [1.165, 1.54) is 0 Å². The van der Waals surface area contributed by atoms with Gasteiger partial charge in [-0.05, 0) is 18.9 Å². The van der Waals surface area contributed by atoms with Crippen LogP contribution < -0.4 is 4.90 Å². The Morgan fingerprint density at radius 2 is 2.09 bits per heavy atom. The lowest BCUT2D eigenvalue weighted by atomic mass is 10.4. The van der Waals surface area contributed by atoms with Gasteiger partial charge in [0.1, 0.15) is 5.82 Å². The van der Waals surface area contributed by atoms with Crippen molar-refractivity contribution in [2.75, 3.05) is 25.0 Å². The van der Waals surface area contributed by atoms with Crippen molar-refractivity contribution in [3.8, 4) is 0 Å². The molecule has 0 saturated carbocycles. The number of pyridine rings is 1. The van der Waals surface area contributed by atoms with Crippen molar-refractivity contribution >= 4 is 27.2 Å². The van der Waals surface area contributed by atoms with E-state index in [9.17, 15) is 8.42 Å². The molecule has 0 aliphatic carbocycles. The molecule has 6 nitrogen and oxygen atoms in total. The van der Waals surface area contributed by atoms with Crippen LogP contribution in [0.4, 0.5) is 5.82 Å². The number of anilines is 1. The fourth-order valence-electron chi connectivity index (χ4n) is 2.49. The highest BCUT2D eigenvalue weighted by Crippen LogP contribution is 2.23. The van der Waals surface area contributed by atoms with Gasteiger partial charge in [-0.3, -0.25) is 0 Å². The third-order valence-corrected chi connectivity index (χ3v) is 6.22. The van der Waals surface area contributed by atoms with Crippen LogP contribution in [0.1, 0.15) is 18.5 Å². The van der Waals surface area contributed by atoms with Gasteiger partial charge in [0.05, 0.1) is 22.6 Å². The van der Waals surface area contributed by atoms with Crippen LogP contribution in [0.15, 0.2) is 34.1 Å². The summed E-state index contributed by atoms with van der Waals surface area (Å²) < 4.78 is 26.7. The minimum Gasteiger partial charge on any atom is -0.354 e. The largest absolute Gasteiger partial charge is 0.354 e. The number of aromatic nitrogens is 2. The van der Waals surface area contributed by atoms with Gasteiger partial charge < -0.3 is 4.90 Å². The Balaban J connectivity index is 1.83. The Kier molecular flexibility index (Phi) is 4.42. The quantitative estimate of drug-likeness (QED) is 0.834. The lowest BCUT2D eigenvalue weighted by molar-refractivity contribution is 0.477. The molecule has 1 aliphatic rings. The number of rotatable bonds is 5. The molecule has 3 heterocycles. The topological polar surface area (TPSA) is 66.4 Å². The first-order valence-corrected chi connectivity index (χ1v) is 9.50. The van der Waals surface area contributed by atoms with Gasteiger partial charge in [0, 0.05) is 37.8 Å². The molecule has 1 aliphatic heterocycles. The molecule has 1 saturated heterocycles. The van der Waals surface area contributed by atoms with Crippen molar-refractivity contribution in [1.29, 1.82) is 0 Å². The Hall–Kier alpha value is -1.51. The molecule has 8 heteroatoms. The van der Waals surface area contributed by atoms with E-state index in [1.807, 2.05) is 17.3 Å². The summed E-state index contributed by atoms with van der Waals surface area (Å²) in [4.78, 5) is 10.7. The summed E-state index contributed by atoms with van der Waals surface area (Å²) in [5.41, 5.74) is 2.73. The molecule has 0 amide bonds. The molecule has 118 valence electrons. The normalized spacial score (nSPS) is 16.0. The van der Waals surface area contributed by atoms with Crippen LogP contribution in [0.5, 0.6) is 0 Å². The SMILES string of the molecule is CN(Cc1cscn1)c1cc(S(=O)(=O)N2CCCC2)ccn1. The van der Waals surface area contributed by atoms with Crippen LogP contribution in [-0.2, 0) is 16.6 Å². The Labute approximate surface area is 134 Å². The van der Waals surface area contributed by atoms with Gasteiger partial charge in [-0.25, -0.2) is 18.4 Å². The van der Waals surface area contributed by atoms with E-state index in [0.29, 0.717) is 30.3 Å². The average Bonchev–Trinajstić information content (AvgIpc) is 3.21. The van der Waals surface area contributed by atoms with Crippen molar-refractivity contribution in [1.82, 2.24) is 14.3 Å². The summed E-state index contributed by atoms with van der Waals surface area (Å²) in [6, 6.07) is 3.20. The number of hydrogen-bond donors (Lipinski definition) is 0. The van der Waals surface area contributed by atoms with Gasteiger partial charge in [-0.15, -0.1) is 11.3 Å². The molecule has 1 fully saturated rings. The molecule has 0 radical (unpaired) electrons. The van der Waals surface area contributed by atoms with Crippen LogP contribution in [0.3, 0.4) is 0 Å². The summed E-state index contributed by atoms with van der Waals surface area (Å²) in [6.45, 7) is 1.81. The minimum atomic E-state index is -3.40. The van der Waals surface area contributed by atoms with Gasteiger partial charge in [0.25, 0.3) is 0 Å². The zero-order valence-corrected chi connectivity index (χ0v) is 14.0. The lowest BCUT2D eigenvalue weighted by Crippen LogP contribution is -2.28. The molecule has 0 atom stereocenters. The maximum Gasteiger partial charge on any atom is 0.243 e. The molecule has 3 rings (SSSR count). The maximum absolute atomic E-state index is 12.6. The van der Waals surface area contributed by atoms with Crippen molar-refractivity contribution in [2.24, 2.45) is 0 Å². The first kappa shape index (κ1) is 15.4. The van der Waals surface area contributed by atoms with E-state index in [2.05, 4.69) is 9.97 Å². The van der Waals surface area contributed by atoms with Crippen molar-refractivity contribution in [3.63, 3.8) is 0 Å². The number of sulfonamides is 1. The third kappa shape index (κ3) is 3.13. The highest BCUT2D eigenvalue weighted by atomic mass is 32.2. The summed E-state index contributed by atoms with van der Waals surface area (Å²) >= 11 is 1.54. The van der Waals surface area contributed by atoms with Gasteiger partial charge >= 0.3 is 0 Å². The second-order valence-electron chi connectivity index (χ2n) is 5.30. The average molecular weight is 338 g/mol. The van der Waals surface area contributed by atoms with Crippen LogP contribution in [0.2, 0.25) is 0 Å². The zero-order valence-electron chi connectivity index (χ0n) is 12.3. The molecular formula is C14H18N4O2S2. The van der Waals surface area contributed by atoms with Crippen molar-refractivity contribution in [2.45, 2.75) is 24.3 Å². The third-order valence-electron chi connectivity index (χ3n) is 3.69. The van der Waals surface area contributed by atoms with Crippen molar-refractivity contribution in [3.05, 3.63) is 34.9 Å². The standard InChI is InChI=1S/C14H18N4O2S2/c1-17(9-12-10-21-11-16-12)14-8-13(4-5-15-14)22(19,20)18-6-2-3-7-18/h4-5,8,10-11H,2-3,6-7,9H2,1H3. The lowest BCUT2D eigenvalue weighted by Gasteiger charge is -2.19. The van der Waals surface area contributed by atoms with Crippen LogP contribution in [-0.4, -0.2) is 42.8 Å². The second-order valence-corrected chi connectivity index (χ2v) is 7.95. The predicted molar refractivity (Wildman–Crippen MR) is 86.5 cm³/mol. The molecular weight excluding hydrogens is 320 g/mol. The monoisotopic (exact) mass is 338 g/mol. The molecule has 0 N–H and O–H groups in total. The van der Waals surface area contributed by atoms with E-state index in [-0.39, 0.29) is 0 Å². The Morgan fingerprint density at radius 3 is 2.77 bits per heavy atom. The maximum atomic E-state index is 12.6. The zero-order chi connectivity index (χ0) is 15.6. The van der Waals surface area contributed by atoms with E-state index in [0.717, 1.165) is 18.5 Å². The minimum absolute atomic E-state index is 0.310. The second kappa shape index (κ2) is 6.31. The van der Waals surface area contributed by atoms with E-state index in [4.69, 9.17) is 0 Å². The molecule has 0 bridgehead atoms. The Morgan fingerprint density at radius 1 is 1.32 bits per heavy atom. The van der Waals surface area contributed by atoms with Crippen LogP contribution >= 0.6 is 11.3 Å². The van der Waals surface area contributed by atoms with Gasteiger partial charge in [0.2, 0.25) is 10.0 Å². The Bertz CT molecular complexity index is 725. The fraction of sp³-hybridized carbons (Fsp3) is 0.429. The number of hydrogen-bond acceptors (Lipinski definition) is 6. The van der Waals surface area contributed by atoms with E-state index < -0.39 is 10.0 Å². The van der Waals surface area contributed by atoms with Gasteiger partial charge in [-0.1, -0.05) is 0 Å². The first-order valence-electron chi connectivity index (χ1n) is 7.12. The van der Waals surface area contributed by atoms with Crippen molar-refractivity contribution < 1.29 is 8.42 Å². The van der Waals surface area contributed by atoms with E-state index in [1.54, 1.807) is 39.5 Å². The molecule has 22 heavy (non-hydrogen) atoms. The van der Waals surface area contributed by atoms with Crippen LogP contribution in [0.25, 0.3) is 0 Å². The fourth-order valence-corrected chi connectivity index (χ4v) is 4.56. The molecule has 2 aromatic rings. The first-order chi connectivity index (χ1) is 10.6. The molecule has 0 aromatic carbocycles.